The van der Waals surface area contributed by atoms with Gasteiger partial charge in [0.05, 0.1) is 11.0 Å². The first-order valence-corrected chi connectivity index (χ1v) is 8.71. The lowest BCUT2D eigenvalue weighted by Gasteiger charge is -2.17. The average molecular weight is 360 g/mol. The van der Waals surface area contributed by atoms with Crippen molar-refractivity contribution in [3.05, 3.63) is 75.7 Å². The summed E-state index contributed by atoms with van der Waals surface area (Å²) in [5, 5.41) is 4.44. The van der Waals surface area contributed by atoms with Crippen LogP contribution in [-0.4, -0.2) is 27.1 Å². The van der Waals surface area contributed by atoms with Gasteiger partial charge in [0, 0.05) is 25.8 Å². The molecule has 2 aromatic carbocycles. The highest BCUT2D eigenvalue weighted by atomic mass is 16.2. The molecule has 4 aromatic rings. The highest BCUT2D eigenvalue weighted by Crippen LogP contribution is 2.20. The predicted octanol–water partition coefficient (Wildman–Crippen LogP) is 3.08. The molecule has 27 heavy (non-hydrogen) atoms. The lowest BCUT2D eigenvalue weighted by Crippen LogP contribution is -2.26. The number of anilines is 1. The van der Waals surface area contributed by atoms with E-state index >= 15 is 0 Å². The van der Waals surface area contributed by atoms with E-state index in [0.717, 1.165) is 22.3 Å². The van der Waals surface area contributed by atoms with Gasteiger partial charge in [-0.15, -0.1) is 0 Å². The number of hydrogen-bond acceptors (Lipinski definition) is 3. The van der Waals surface area contributed by atoms with Gasteiger partial charge < -0.3 is 9.47 Å². The lowest BCUT2D eigenvalue weighted by atomic mass is 10.1. The predicted molar refractivity (Wildman–Crippen MR) is 107 cm³/mol. The fourth-order valence-corrected chi connectivity index (χ4v) is 3.25. The van der Waals surface area contributed by atoms with Gasteiger partial charge in [0.2, 0.25) is 0 Å². The van der Waals surface area contributed by atoms with Crippen LogP contribution in [0.1, 0.15) is 21.6 Å². The van der Waals surface area contributed by atoms with Crippen molar-refractivity contribution in [1.29, 1.82) is 0 Å². The Balaban J connectivity index is 1.85. The molecule has 0 unspecified atom stereocenters. The summed E-state index contributed by atoms with van der Waals surface area (Å²) in [7, 11) is 3.44. The topological polar surface area (TPSA) is 59.6 Å². The van der Waals surface area contributed by atoms with Crippen LogP contribution in [0.25, 0.3) is 16.6 Å². The van der Waals surface area contributed by atoms with Crippen LogP contribution in [0.2, 0.25) is 0 Å². The molecule has 0 aliphatic rings. The minimum atomic E-state index is -0.256. The first-order chi connectivity index (χ1) is 12.9. The van der Waals surface area contributed by atoms with Crippen LogP contribution in [0.4, 0.5) is 5.69 Å². The largest absolute Gasteiger partial charge is 0.310 e. The second kappa shape index (κ2) is 6.09. The van der Waals surface area contributed by atoms with Crippen LogP contribution in [0.15, 0.2) is 53.3 Å². The molecule has 0 aliphatic heterocycles. The molecule has 0 atom stereocenters. The van der Waals surface area contributed by atoms with Gasteiger partial charge in [-0.05, 0) is 49.2 Å². The second-order valence-corrected chi connectivity index (χ2v) is 6.81. The third-order valence-electron chi connectivity index (χ3n) is 5.11. The van der Waals surface area contributed by atoms with Gasteiger partial charge in [-0.1, -0.05) is 18.2 Å². The fourth-order valence-electron chi connectivity index (χ4n) is 3.25. The Morgan fingerprint density at radius 3 is 2.37 bits per heavy atom. The van der Waals surface area contributed by atoms with E-state index in [0.29, 0.717) is 5.52 Å². The summed E-state index contributed by atoms with van der Waals surface area (Å²) in [6.07, 6.45) is 0. The molecule has 0 N–H and O–H groups in total. The van der Waals surface area contributed by atoms with E-state index in [1.807, 2.05) is 56.3 Å². The highest BCUT2D eigenvalue weighted by Gasteiger charge is 2.20. The van der Waals surface area contributed by atoms with Crippen molar-refractivity contribution in [2.45, 2.75) is 13.8 Å². The van der Waals surface area contributed by atoms with Crippen molar-refractivity contribution in [1.82, 2.24) is 14.2 Å². The van der Waals surface area contributed by atoms with Gasteiger partial charge >= 0.3 is 0 Å². The summed E-state index contributed by atoms with van der Waals surface area (Å²) in [6, 6.07) is 14.9. The van der Waals surface area contributed by atoms with Gasteiger partial charge in [0.15, 0.2) is 5.69 Å². The standard InChI is InChI=1S/C21H20N4O2/c1-13-9-10-15(11-14(13)2)23(3)20(26)16-12-19-21(27)24(4)17-7-5-6-8-18(17)25(19)22-16/h5-12H,1-4H3. The third kappa shape index (κ3) is 2.61. The number of para-hydroxylation sites is 2. The molecular weight excluding hydrogens is 340 g/mol. The first-order valence-electron chi connectivity index (χ1n) is 8.71. The third-order valence-corrected chi connectivity index (χ3v) is 5.11. The molecule has 0 aliphatic carbocycles. The smallest absolute Gasteiger partial charge is 0.278 e. The number of benzene rings is 2. The van der Waals surface area contributed by atoms with Crippen molar-refractivity contribution >= 4 is 28.1 Å². The van der Waals surface area contributed by atoms with Crippen LogP contribution >= 0.6 is 0 Å². The van der Waals surface area contributed by atoms with Crippen molar-refractivity contribution in [2.75, 3.05) is 11.9 Å². The normalized spacial score (nSPS) is 11.3. The van der Waals surface area contributed by atoms with Gasteiger partial charge in [-0.3, -0.25) is 9.59 Å². The maximum absolute atomic E-state index is 13.0. The Morgan fingerprint density at radius 1 is 0.963 bits per heavy atom. The minimum absolute atomic E-state index is 0.186. The van der Waals surface area contributed by atoms with E-state index in [4.69, 9.17) is 0 Å². The number of fused-ring (bicyclic) bond motifs is 3. The Kier molecular flexibility index (Phi) is 3.84. The Bertz CT molecular complexity index is 1270. The van der Waals surface area contributed by atoms with Crippen molar-refractivity contribution in [3.63, 3.8) is 0 Å². The summed E-state index contributed by atoms with van der Waals surface area (Å²) in [4.78, 5) is 27.2. The second-order valence-electron chi connectivity index (χ2n) is 6.81. The zero-order chi connectivity index (χ0) is 19.3. The molecule has 0 saturated heterocycles. The van der Waals surface area contributed by atoms with E-state index in [1.165, 1.54) is 5.56 Å². The van der Waals surface area contributed by atoms with E-state index in [1.54, 1.807) is 34.1 Å². The number of amides is 1. The molecule has 136 valence electrons. The lowest BCUT2D eigenvalue weighted by molar-refractivity contribution is 0.0988. The molecule has 2 aromatic heterocycles. The van der Waals surface area contributed by atoms with Crippen LogP contribution in [-0.2, 0) is 7.05 Å². The molecule has 6 nitrogen and oxygen atoms in total. The van der Waals surface area contributed by atoms with Gasteiger partial charge in [-0.25, -0.2) is 4.52 Å². The summed E-state index contributed by atoms with van der Waals surface area (Å²) < 4.78 is 3.13. The first kappa shape index (κ1) is 17.0. The summed E-state index contributed by atoms with van der Waals surface area (Å²) in [5.74, 6) is -0.256. The molecule has 0 fully saturated rings. The average Bonchev–Trinajstić information content (AvgIpc) is 3.13. The van der Waals surface area contributed by atoms with Gasteiger partial charge in [0.25, 0.3) is 11.5 Å². The monoisotopic (exact) mass is 360 g/mol. The number of carbonyl (C=O) groups is 1. The molecule has 0 radical (unpaired) electrons. The Morgan fingerprint density at radius 2 is 1.67 bits per heavy atom. The van der Waals surface area contributed by atoms with Crippen LogP contribution in [0.5, 0.6) is 0 Å². The van der Waals surface area contributed by atoms with Crippen molar-refractivity contribution in [3.8, 4) is 0 Å². The van der Waals surface area contributed by atoms with Crippen molar-refractivity contribution < 1.29 is 4.79 Å². The van der Waals surface area contributed by atoms with E-state index < -0.39 is 0 Å². The van der Waals surface area contributed by atoms with Crippen LogP contribution in [0, 0.1) is 13.8 Å². The molecular formula is C21H20N4O2. The minimum Gasteiger partial charge on any atom is -0.310 e. The Labute approximate surface area is 156 Å². The number of aromatic nitrogens is 3. The summed E-state index contributed by atoms with van der Waals surface area (Å²) in [5.41, 5.74) is 5.05. The zero-order valence-corrected chi connectivity index (χ0v) is 15.7. The quantitative estimate of drug-likeness (QED) is 0.552. The van der Waals surface area contributed by atoms with Gasteiger partial charge in [-0.2, -0.15) is 5.10 Å². The molecule has 0 saturated carbocycles. The number of rotatable bonds is 2. The maximum Gasteiger partial charge on any atom is 0.278 e. The SMILES string of the molecule is Cc1ccc(N(C)C(=O)c2cc3c(=O)n(C)c4ccccc4n3n2)cc1C. The van der Waals surface area contributed by atoms with E-state index in [-0.39, 0.29) is 17.2 Å². The number of aryl methyl sites for hydroxylation is 3. The van der Waals surface area contributed by atoms with E-state index in [2.05, 4.69) is 5.10 Å². The van der Waals surface area contributed by atoms with Crippen LogP contribution in [0.3, 0.4) is 0 Å². The summed E-state index contributed by atoms with van der Waals surface area (Å²) >= 11 is 0. The molecule has 4 rings (SSSR count). The number of carbonyl (C=O) groups excluding carboxylic acids is 1. The van der Waals surface area contributed by atoms with Gasteiger partial charge in [0.1, 0.15) is 5.52 Å². The Hall–Kier alpha value is -3.41. The summed E-state index contributed by atoms with van der Waals surface area (Å²) in [6.45, 7) is 4.04. The van der Waals surface area contributed by atoms with E-state index in [9.17, 15) is 9.59 Å². The molecule has 1 amide bonds. The number of hydrogen-bond donors (Lipinski definition) is 0. The van der Waals surface area contributed by atoms with Crippen molar-refractivity contribution in [2.24, 2.45) is 7.05 Å². The zero-order valence-electron chi connectivity index (χ0n) is 15.7. The molecule has 0 bridgehead atoms. The number of nitrogens with zero attached hydrogens (tertiary/aromatic N) is 4. The maximum atomic E-state index is 13.0. The molecule has 0 spiro atoms. The highest BCUT2D eigenvalue weighted by molar-refractivity contribution is 6.05. The fraction of sp³-hybridized carbons (Fsp3) is 0.190. The molecule has 6 heteroatoms. The molecule has 2 heterocycles. The van der Waals surface area contributed by atoms with Crippen LogP contribution < -0.4 is 10.5 Å².